The van der Waals surface area contributed by atoms with Gasteiger partial charge in [0, 0.05) is 19.3 Å². The van der Waals surface area contributed by atoms with Crippen LogP contribution in [-0.2, 0) is 18.3 Å². The molecule has 6 nitrogen and oxygen atoms in total. The van der Waals surface area contributed by atoms with E-state index in [1.54, 1.807) is 7.05 Å². The fraction of sp³-hybridized carbons (Fsp3) is 0.556. The zero-order valence-corrected chi connectivity index (χ0v) is 8.55. The van der Waals surface area contributed by atoms with E-state index in [2.05, 4.69) is 0 Å². The first-order valence-corrected chi connectivity index (χ1v) is 4.62. The summed E-state index contributed by atoms with van der Waals surface area (Å²) in [5.74, 6) is 0. The summed E-state index contributed by atoms with van der Waals surface area (Å²) in [4.78, 5) is 22.8. The Hall–Kier alpha value is -1.40. The molecule has 1 rings (SSSR count). The van der Waals surface area contributed by atoms with Gasteiger partial charge >= 0.3 is 5.69 Å². The third kappa shape index (κ3) is 3.03. The second-order valence-corrected chi connectivity index (χ2v) is 3.04. The number of hydrogen-bond donors (Lipinski definition) is 1. The van der Waals surface area contributed by atoms with Crippen LogP contribution >= 0.6 is 0 Å². The Morgan fingerprint density at radius 1 is 1.40 bits per heavy atom. The minimum Gasteiger partial charge on any atom is -0.394 e. The number of aliphatic hydroxyl groups excluding tert-OH is 1. The number of rotatable bonds is 5. The van der Waals surface area contributed by atoms with E-state index < -0.39 is 0 Å². The van der Waals surface area contributed by atoms with Gasteiger partial charge in [0.05, 0.1) is 26.4 Å². The van der Waals surface area contributed by atoms with Crippen LogP contribution in [-0.4, -0.2) is 34.1 Å². The summed E-state index contributed by atoms with van der Waals surface area (Å²) in [5.41, 5.74) is -0.708. The van der Waals surface area contributed by atoms with Crippen molar-refractivity contribution in [2.24, 2.45) is 7.05 Å². The Bertz CT molecular complexity index is 421. The summed E-state index contributed by atoms with van der Waals surface area (Å²) < 4.78 is 7.40. The molecule has 84 valence electrons. The molecule has 0 aliphatic heterocycles. The second-order valence-electron chi connectivity index (χ2n) is 3.04. The largest absolute Gasteiger partial charge is 0.394 e. The predicted molar refractivity (Wildman–Crippen MR) is 53.8 cm³/mol. The van der Waals surface area contributed by atoms with Crippen LogP contribution in [0.5, 0.6) is 0 Å². The molecule has 0 bridgehead atoms. The van der Waals surface area contributed by atoms with Gasteiger partial charge in [0.1, 0.15) is 0 Å². The van der Waals surface area contributed by atoms with Gasteiger partial charge in [-0.15, -0.1) is 0 Å². The molecule has 0 fully saturated rings. The number of aromatic nitrogens is 2. The maximum absolute atomic E-state index is 11.5. The van der Waals surface area contributed by atoms with Crippen LogP contribution in [0.25, 0.3) is 0 Å². The van der Waals surface area contributed by atoms with E-state index in [4.69, 9.17) is 9.84 Å². The van der Waals surface area contributed by atoms with Gasteiger partial charge in [-0.25, -0.2) is 4.79 Å². The Kier molecular flexibility index (Phi) is 4.26. The SMILES string of the molecule is Cn1ccc(=O)n(CCOCCO)c1=O. The number of hydrogen-bond acceptors (Lipinski definition) is 4. The maximum atomic E-state index is 11.5. The van der Waals surface area contributed by atoms with Crippen LogP contribution in [0.2, 0.25) is 0 Å². The van der Waals surface area contributed by atoms with Crippen LogP contribution in [0.3, 0.4) is 0 Å². The normalized spacial score (nSPS) is 10.5. The van der Waals surface area contributed by atoms with Crippen LogP contribution < -0.4 is 11.2 Å². The molecule has 0 amide bonds. The van der Waals surface area contributed by atoms with Crippen LogP contribution in [0.1, 0.15) is 0 Å². The molecule has 1 aromatic rings. The molecule has 0 saturated heterocycles. The van der Waals surface area contributed by atoms with Gasteiger partial charge in [0.15, 0.2) is 0 Å². The van der Waals surface area contributed by atoms with Crippen molar-refractivity contribution in [1.82, 2.24) is 9.13 Å². The van der Waals surface area contributed by atoms with E-state index in [9.17, 15) is 9.59 Å². The standard InChI is InChI=1S/C9H14N2O4/c1-10-3-2-8(13)11(9(10)14)4-6-15-7-5-12/h2-3,12H,4-7H2,1H3. The molecule has 0 spiro atoms. The van der Waals surface area contributed by atoms with Crippen molar-refractivity contribution >= 4 is 0 Å². The molecule has 1 aromatic heterocycles. The molecular formula is C9H14N2O4. The lowest BCUT2D eigenvalue weighted by Crippen LogP contribution is -2.38. The summed E-state index contributed by atoms with van der Waals surface area (Å²) in [6, 6.07) is 1.33. The molecule has 0 aliphatic rings. The first-order valence-electron chi connectivity index (χ1n) is 4.62. The highest BCUT2D eigenvalue weighted by Crippen LogP contribution is 1.78. The summed E-state index contributed by atoms with van der Waals surface area (Å²) in [5, 5.41) is 8.46. The third-order valence-corrected chi connectivity index (χ3v) is 1.93. The van der Waals surface area contributed by atoms with E-state index in [0.717, 1.165) is 4.57 Å². The first-order chi connectivity index (χ1) is 7.16. The predicted octanol–water partition coefficient (Wildman–Crippen LogP) is -1.44. The average molecular weight is 214 g/mol. The van der Waals surface area contributed by atoms with Crippen molar-refractivity contribution in [3.63, 3.8) is 0 Å². The number of aryl methyl sites for hydroxylation is 1. The Labute approximate surface area is 86.3 Å². The van der Waals surface area contributed by atoms with Gasteiger partial charge in [-0.3, -0.25) is 9.36 Å². The van der Waals surface area contributed by atoms with Crippen LogP contribution in [0.4, 0.5) is 0 Å². The summed E-state index contributed by atoms with van der Waals surface area (Å²) in [6.07, 6.45) is 1.43. The van der Waals surface area contributed by atoms with Gasteiger partial charge in [0.25, 0.3) is 5.56 Å². The topological polar surface area (TPSA) is 73.5 Å². The molecule has 0 unspecified atom stereocenters. The Balaban J connectivity index is 2.72. The summed E-state index contributed by atoms with van der Waals surface area (Å²) in [7, 11) is 1.58. The lowest BCUT2D eigenvalue weighted by atomic mass is 10.5. The van der Waals surface area contributed by atoms with Crippen molar-refractivity contribution < 1.29 is 9.84 Å². The molecule has 0 aromatic carbocycles. The third-order valence-electron chi connectivity index (χ3n) is 1.93. The number of nitrogens with zero attached hydrogens (tertiary/aromatic N) is 2. The lowest BCUT2D eigenvalue weighted by Gasteiger charge is -2.06. The highest BCUT2D eigenvalue weighted by molar-refractivity contribution is 4.85. The van der Waals surface area contributed by atoms with Gasteiger partial charge in [-0.1, -0.05) is 0 Å². The minimum atomic E-state index is -0.366. The quantitative estimate of drug-likeness (QED) is 0.609. The molecular weight excluding hydrogens is 200 g/mol. The Morgan fingerprint density at radius 2 is 2.13 bits per heavy atom. The fourth-order valence-electron chi connectivity index (χ4n) is 1.14. The minimum absolute atomic E-state index is 0.0678. The maximum Gasteiger partial charge on any atom is 0.330 e. The highest BCUT2D eigenvalue weighted by Gasteiger charge is 2.01. The van der Waals surface area contributed by atoms with Crippen molar-refractivity contribution in [3.05, 3.63) is 33.1 Å². The van der Waals surface area contributed by atoms with Crippen molar-refractivity contribution in [3.8, 4) is 0 Å². The Morgan fingerprint density at radius 3 is 2.80 bits per heavy atom. The molecule has 1 heterocycles. The number of ether oxygens (including phenoxy) is 1. The molecule has 15 heavy (non-hydrogen) atoms. The number of aliphatic hydroxyl groups is 1. The van der Waals surface area contributed by atoms with Crippen molar-refractivity contribution in [2.75, 3.05) is 19.8 Å². The summed E-state index contributed by atoms with van der Waals surface area (Å²) in [6.45, 7) is 0.579. The second kappa shape index (κ2) is 5.47. The fourth-order valence-corrected chi connectivity index (χ4v) is 1.14. The van der Waals surface area contributed by atoms with E-state index >= 15 is 0 Å². The highest BCUT2D eigenvalue weighted by atomic mass is 16.5. The molecule has 0 aliphatic carbocycles. The smallest absolute Gasteiger partial charge is 0.330 e. The van der Waals surface area contributed by atoms with E-state index in [1.807, 2.05) is 0 Å². The van der Waals surface area contributed by atoms with Gasteiger partial charge in [0.2, 0.25) is 0 Å². The first kappa shape index (κ1) is 11.7. The van der Waals surface area contributed by atoms with Gasteiger partial charge in [-0.05, 0) is 0 Å². The van der Waals surface area contributed by atoms with Crippen molar-refractivity contribution in [1.29, 1.82) is 0 Å². The average Bonchev–Trinajstić information content (AvgIpc) is 2.23. The van der Waals surface area contributed by atoms with Gasteiger partial charge < -0.3 is 14.4 Å². The lowest BCUT2D eigenvalue weighted by molar-refractivity contribution is 0.0858. The van der Waals surface area contributed by atoms with Crippen LogP contribution in [0.15, 0.2) is 21.9 Å². The molecule has 6 heteroatoms. The van der Waals surface area contributed by atoms with Crippen LogP contribution in [0, 0.1) is 0 Å². The monoisotopic (exact) mass is 214 g/mol. The zero-order chi connectivity index (χ0) is 11.3. The molecule has 1 N–H and O–H groups in total. The molecule has 0 atom stereocenters. The van der Waals surface area contributed by atoms with E-state index in [0.29, 0.717) is 0 Å². The zero-order valence-electron chi connectivity index (χ0n) is 8.55. The van der Waals surface area contributed by atoms with E-state index in [-0.39, 0.29) is 37.6 Å². The van der Waals surface area contributed by atoms with Crippen molar-refractivity contribution in [2.45, 2.75) is 6.54 Å². The van der Waals surface area contributed by atoms with Gasteiger partial charge in [-0.2, -0.15) is 0 Å². The molecule has 0 radical (unpaired) electrons. The molecule has 0 saturated carbocycles. The summed E-state index contributed by atoms with van der Waals surface area (Å²) >= 11 is 0. The van der Waals surface area contributed by atoms with E-state index in [1.165, 1.54) is 16.8 Å².